The zero-order valence-corrected chi connectivity index (χ0v) is 12.1. The Kier molecular flexibility index (Phi) is 3.73. The van der Waals surface area contributed by atoms with Gasteiger partial charge in [0.15, 0.2) is 5.13 Å². The average Bonchev–Trinajstić information content (AvgIpc) is 2.76. The molecular weight excluding hydrogens is 274 g/mol. The van der Waals surface area contributed by atoms with Crippen molar-refractivity contribution in [1.29, 1.82) is 0 Å². The molecule has 0 spiro atoms. The summed E-state index contributed by atoms with van der Waals surface area (Å²) in [6.07, 6.45) is 3.35. The average molecular weight is 291 g/mol. The SMILES string of the molecule is CCOc1ccc2nc(NC(=O)NC3CCC3)sc2c1. The molecule has 0 radical (unpaired) electrons. The molecule has 5 nitrogen and oxygen atoms in total. The second kappa shape index (κ2) is 5.66. The van der Waals surface area contributed by atoms with Crippen molar-refractivity contribution in [2.45, 2.75) is 32.2 Å². The maximum Gasteiger partial charge on any atom is 0.321 e. The van der Waals surface area contributed by atoms with Crippen LogP contribution in [0, 0.1) is 0 Å². The maximum absolute atomic E-state index is 11.8. The van der Waals surface area contributed by atoms with Crippen molar-refractivity contribution in [1.82, 2.24) is 10.3 Å². The molecule has 0 atom stereocenters. The van der Waals surface area contributed by atoms with E-state index in [1.165, 1.54) is 17.8 Å². The molecule has 1 heterocycles. The highest BCUT2D eigenvalue weighted by atomic mass is 32.1. The predicted molar refractivity (Wildman–Crippen MR) is 80.6 cm³/mol. The Morgan fingerprint density at radius 1 is 1.50 bits per heavy atom. The number of anilines is 1. The fourth-order valence-corrected chi connectivity index (χ4v) is 2.98. The highest BCUT2D eigenvalue weighted by molar-refractivity contribution is 7.22. The first-order valence-electron chi connectivity index (χ1n) is 6.85. The summed E-state index contributed by atoms with van der Waals surface area (Å²) in [5.41, 5.74) is 0.873. The van der Waals surface area contributed by atoms with E-state index in [0.29, 0.717) is 17.8 Å². The van der Waals surface area contributed by atoms with E-state index >= 15 is 0 Å². The van der Waals surface area contributed by atoms with E-state index in [4.69, 9.17) is 4.74 Å². The van der Waals surface area contributed by atoms with Crippen molar-refractivity contribution in [3.8, 4) is 5.75 Å². The topological polar surface area (TPSA) is 63.2 Å². The van der Waals surface area contributed by atoms with Gasteiger partial charge in [0.05, 0.1) is 16.8 Å². The third kappa shape index (κ3) is 2.85. The molecule has 0 aliphatic heterocycles. The number of ether oxygens (including phenoxy) is 1. The number of amides is 2. The first kappa shape index (κ1) is 13.2. The Balaban J connectivity index is 1.69. The van der Waals surface area contributed by atoms with Gasteiger partial charge in [-0.15, -0.1) is 0 Å². The van der Waals surface area contributed by atoms with Crippen LogP contribution in [0.4, 0.5) is 9.93 Å². The lowest BCUT2D eigenvalue weighted by Crippen LogP contribution is -2.41. The van der Waals surface area contributed by atoms with Gasteiger partial charge in [0.2, 0.25) is 0 Å². The molecule has 1 saturated carbocycles. The number of carbonyl (C=O) groups excluding carboxylic acids is 1. The molecule has 3 rings (SSSR count). The van der Waals surface area contributed by atoms with Crippen LogP contribution in [0.5, 0.6) is 5.75 Å². The fourth-order valence-electron chi connectivity index (χ4n) is 2.09. The van der Waals surface area contributed by atoms with Gasteiger partial charge < -0.3 is 10.1 Å². The van der Waals surface area contributed by atoms with Crippen LogP contribution in [0.1, 0.15) is 26.2 Å². The first-order chi connectivity index (χ1) is 9.74. The van der Waals surface area contributed by atoms with Crippen LogP contribution in [0.3, 0.4) is 0 Å². The summed E-state index contributed by atoms with van der Waals surface area (Å²) in [5, 5.41) is 6.35. The van der Waals surface area contributed by atoms with E-state index in [9.17, 15) is 4.79 Å². The van der Waals surface area contributed by atoms with Crippen LogP contribution >= 0.6 is 11.3 Å². The zero-order chi connectivity index (χ0) is 13.9. The third-order valence-electron chi connectivity index (χ3n) is 3.33. The second-order valence-electron chi connectivity index (χ2n) is 4.81. The zero-order valence-electron chi connectivity index (χ0n) is 11.3. The summed E-state index contributed by atoms with van der Waals surface area (Å²) in [5.74, 6) is 0.828. The number of fused-ring (bicyclic) bond motifs is 1. The Morgan fingerprint density at radius 2 is 2.35 bits per heavy atom. The predicted octanol–water partition coefficient (Wildman–Crippen LogP) is 3.37. The minimum Gasteiger partial charge on any atom is -0.494 e. The van der Waals surface area contributed by atoms with E-state index in [-0.39, 0.29) is 6.03 Å². The number of rotatable bonds is 4. The van der Waals surface area contributed by atoms with Crippen LogP contribution < -0.4 is 15.4 Å². The van der Waals surface area contributed by atoms with Gasteiger partial charge in [0.1, 0.15) is 5.75 Å². The molecule has 1 aromatic heterocycles. The van der Waals surface area contributed by atoms with E-state index in [2.05, 4.69) is 15.6 Å². The van der Waals surface area contributed by atoms with E-state index in [1.807, 2.05) is 25.1 Å². The molecule has 2 amide bonds. The van der Waals surface area contributed by atoms with E-state index < -0.39 is 0 Å². The molecule has 6 heteroatoms. The lowest BCUT2D eigenvalue weighted by atomic mass is 9.93. The highest BCUT2D eigenvalue weighted by Gasteiger charge is 2.19. The molecule has 1 aromatic carbocycles. The van der Waals surface area contributed by atoms with Gasteiger partial charge in [-0.1, -0.05) is 11.3 Å². The molecule has 0 saturated heterocycles. The standard InChI is InChI=1S/C14H17N3O2S/c1-2-19-10-6-7-11-12(8-10)20-14(16-11)17-13(18)15-9-4-3-5-9/h6-9H,2-5H2,1H3,(H2,15,16,17,18). The number of carbonyl (C=O) groups is 1. The molecule has 0 unspecified atom stereocenters. The molecule has 1 fully saturated rings. The number of hydrogen-bond donors (Lipinski definition) is 2. The normalized spacial score (nSPS) is 14.8. The van der Waals surface area contributed by atoms with Gasteiger partial charge in [-0.3, -0.25) is 5.32 Å². The van der Waals surface area contributed by atoms with Crippen molar-refractivity contribution < 1.29 is 9.53 Å². The van der Waals surface area contributed by atoms with Gasteiger partial charge >= 0.3 is 6.03 Å². The number of thiazole rings is 1. The van der Waals surface area contributed by atoms with Crippen molar-refractivity contribution in [2.75, 3.05) is 11.9 Å². The summed E-state index contributed by atoms with van der Waals surface area (Å²) >= 11 is 1.46. The van der Waals surface area contributed by atoms with Crippen molar-refractivity contribution in [3.05, 3.63) is 18.2 Å². The van der Waals surface area contributed by atoms with E-state index in [1.54, 1.807) is 0 Å². The highest BCUT2D eigenvalue weighted by Crippen LogP contribution is 2.29. The molecule has 1 aliphatic rings. The lowest BCUT2D eigenvalue weighted by Gasteiger charge is -2.26. The quantitative estimate of drug-likeness (QED) is 0.907. The largest absolute Gasteiger partial charge is 0.494 e. The van der Waals surface area contributed by atoms with Gasteiger partial charge in [-0.2, -0.15) is 0 Å². The summed E-state index contributed by atoms with van der Waals surface area (Å²) in [7, 11) is 0. The maximum atomic E-state index is 11.8. The third-order valence-corrected chi connectivity index (χ3v) is 4.27. The fraction of sp³-hybridized carbons (Fsp3) is 0.429. The number of urea groups is 1. The van der Waals surface area contributed by atoms with Gasteiger partial charge in [0, 0.05) is 6.04 Å². The van der Waals surface area contributed by atoms with Crippen LogP contribution in [-0.4, -0.2) is 23.7 Å². The number of nitrogens with zero attached hydrogens (tertiary/aromatic N) is 1. The van der Waals surface area contributed by atoms with Crippen molar-refractivity contribution >= 4 is 32.7 Å². The van der Waals surface area contributed by atoms with Crippen LogP contribution in [0.15, 0.2) is 18.2 Å². The second-order valence-corrected chi connectivity index (χ2v) is 5.84. The molecule has 2 aromatic rings. The number of benzene rings is 1. The van der Waals surface area contributed by atoms with E-state index in [0.717, 1.165) is 28.8 Å². The smallest absolute Gasteiger partial charge is 0.321 e. The Labute approximate surface area is 121 Å². The van der Waals surface area contributed by atoms with Crippen LogP contribution in [-0.2, 0) is 0 Å². The van der Waals surface area contributed by atoms with Gasteiger partial charge in [-0.05, 0) is 44.4 Å². The number of aromatic nitrogens is 1. The van der Waals surface area contributed by atoms with Crippen LogP contribution in [0.2, 0.25) is 0 Å². The summed E-state index contributed by atoms with van der Waals surface area (Å²) in [6, 6.07) is 5.91. The Hall–Kier alpha value is -1.82. The molecular formula is C14H17N3O2S. The van der Waals surface area contributed by atoms with Crippen LogP contribution in [0.25, 0.3) is 10.2 Å². The lowest BCUT2D eigenvalue weighted by molar-refractivity contribution is 0.240. The minimum atomic E-state index is -0.168. The summed E-state index contributed by atoms with van der Waals surface area (Å²) < 4.78 is 6.47. The number of nitrogens with one attached hydrogen (secondary N) is 2. The number of hydrogen-bond acceptors (Lipinski definition) is 4. The summed E-state index contributed by atoms with van der Waals surface area (Å²) in [4.78, 5) is 16.2. The molecule has 2 N–H and O–H groups in total. The Morgan fingerprint density at radius 3 is 3.05 bits per heavy atom. The van der Waals surface area contributed by atoms with Gasteiger partial charge in [-0.25, -0.2) is 9.78 Å². The minimum absolute atomic E-state index is 0.168. The molecule has 106 valence electrons. The molecule has 20 heavy (non-hydrogen) atoms. The Bertz CT molecular complexity index is 622. The molecule has 0 bridgehead atoms. The van der Waals surface area contributed by atoms with Crippen molar-refractivity contribution in [2.24, 2.45) is 0 Å². The van der Waals surface area contributed by atoms with Crippen molar-refractivity contribution in [3.63, 3.8) is 0 Å². The van der Waals surface area contributed by atoms with Gasteiger partial charge in [0.25, 0.3) is 0 Å². The monoisotopic (exact) mass is 291 g/mol. The first-order valence-corrected chi connectivity index (χ1v) is 7.67. The summed E-state index contributed by atoms with van der Waals surface area (Å²) in [6.45, 7) is 2.59. The molecule has 1 aliphatic carbocycles.